The Bertz CT molecular complexity index is 377. The van der Waals surface area contributed by atoms with Crippen molar-refractivity contribution >= 4 is 11.6 Å². The zero-order valence-corrected chi connectivity index (χ0v) is 10.2. The summed E-state index contributed by atoms with van der Waals surface area (Å²) >= 11 is 0. The Morgan fingerprint density at radius 1 is 1.53 bits per heavy atom. The van der Waals surface area contributed by atoms with Gasteiger partial charge in [-0.2, -0.15) is 0 Å². The first-order valence-electron chi connectivity index (χ1n) is 6.21. The molecular weight excluding hydrogens is 216 g/mol. The Hall–Kier alpha value is -1.36. The average Bonchev–Trinajstić information content (AvgIpc) is 3.07. The SMILES string of the molecule is CC(O)CCCNc1cc(N)nc(C2CC2)n1. The molecule has 17 heavy (non-hydrogen) atoms. The predicted molar refractivity (Wildman–Crippen MR) is 67.8 cm³/mol. The molecule has 1 aromatic heterocycles. The number of nitrogens with two attached hydrogens (primary N) is 1. The third kappa shape index (κ3) is 3.85. The zero-order chi connectivity index (χ0) is 12.3. The van der Waals surface area contributed by atoms with Gasteiger partial charge in [0.25, 0.3) is 0 Å². The molecule has 0 saturated heterocycles. The molecule has 2 rings (SSSR count). The highest BCUT2D eigenvalue weighted by Gasteiger charge is 2.27. The molecule has 94 valence electrons. The second kappa shape index (κ2) is 5.31. The quantitative estimate of drug-likeness (QED) is 0.652. The summed E-state index contributed by atoms with van der Waals surface area (Å²) in [5.74, 6) is 2.70. The van der Waals surface area contributed by atoms with Gasteiger partial charge in [0.1, 0.15) is 17.5 Å². The van der Waals surface area contributed by atoms with Gasteiger partial charge < -0.3 is 16.2 Å². The summed E-state index contributed by atoms with van der Waals surface area (Å²) in [5.41, 5.74) is 5.75. The van der Waals surface area contributed by atoms with Crippen molar-refractivity contribution in [1.29, 1.82) is 0 Å². The minimum atomic E-state index is -0.241. The number of hydrogen-bond donors (Lipinski definition) is 3. The van der Waals surface area contributed by atoms with Crippen molar-refractivity contribution in [3.05, 3.63) is 11.9 Å². The topological polar surface area (TPSA) is 84.1 Å². The minimum Gasteiger partial charge on any atom is -0.393 e. The van der Waals surface area contributed by atoms with Crippen LogP contribution in [0.25, 0.3) is 0 Å². The van der Waals surface area contributed by atoms with Gasteiger partial charge in [-0.1, -0.05) is 0 Å². The van der Waals surface area contributed by atoms with Gasteiger partial charge >= 0.3 is 0 Å². The molecule has 0 bridgehead atoms. The van der Waals surface area contributed by atoms with E-state index in [1.54, 1.807) is 13.0 Å². The van der Waals surface area contributed by atoms with Crippen LogP contribution in [0.4, 0.5) is 11.6 Å². The molecule has 1 heterocycles. The maximum atomic E-state index is 9.15. The van der Waals surface area contributed by atoms with Crippen molar-refractivity contribution in [3.63, 3.8) is 0 Å². The average molecular weight is 236 g/mol. The lowest BCUT2D eigenvalue weighted by Gasteiger charge is -2.08. The van der Waals surface area contributed by atoms with E-state index in [0.717, 1.165) is 31.0 Å². The van der Waals surface area contributed by atoms with Gasteiger partial charge in [0, 0.05) is 18.5 Å². The van der Waals surface area contributed by atoms with Crippen LogP contribution >= 0.6 is 0 Å². The second-order valence-electron chi connectivity index (χ2n) is 4.73. The third-order valence-electron chi connectivity index (χ3n) is 2.81. The van der Waals surface area contributed by atoms with E-state index in [4.69, 9.17) is 10.8 Å². The fraction of sp³-hybridized carbons (Fsp3) is 0.667. The molecule has 0 spiro atoms. The molecule has 1 atom stereocenters. The number of aliphatic hydroxyl groups is 1. The maximum absolute atomic E-state index is 9.15. The van der Waals surface area contributed by atoms with Crippen LogP contribution in [0, 0.1) is 0 Å². The molecular formula is C12H20N4O. The van der Waals surface area contributed by atoms with Crippen LogP contribution in [0.2, 0.25) is 0 Å². The fourth-order valence-electron chi connectivity index (χ4n) is 1.71. The summed E-state index contributed by atoms with van der Waals surface area (Å²) in [6.07, 6.45) is 3.81. The highest BCUT2D eigenvalue weighted by molar-refractivity contribution is 5.45. The lowest BCUT2D eigenvalue weighted by Crippen LogP contribution is -2.09. The van der Waals surface area contributed by atoms with Crippen molar-refractivity contribution in [3.8, 4) is 0 Å². The highest BCUT2D eigenvalue weighted by Crippen LogP contribution is 2.38. The van der Waals surface area contributed by atoms with Crippen LogP contribution in [-0.2, 0) is 0 Å². The van der Waals surface area contributed by atoms with Gasteiger partial charge in [0.2, 0.25) is 0 Å². The number of aliphatic hydroxyl groups excluding tert-OH is 1. The first kappa shape index (κ1) is 12.1. The number of nitrogen functional groups attached to an aromatic ring is 1. The van der Waals surface area contributed by atoms with Crippen molar-refractivity contribution in [2.75, 3.05) is 17.6 Å². The van der Waals surface area contributed by atoms with E-state index in [9.17, 15) is 0 Å². The van der Waals surface area contributed by atoms with Gasteiger partial charge in [0.05, 0.1) is 6.10 Å². The van der Waals surface area contributed by atoms with Crippen molar-refractivity contribution in [2.24, 2.45) is 0 Å². The van der Waals surface area contributed by atoms with Gasteiger partial charge in [0.15, 0.2) is 0 Å². The van der Waals surface area contributed by atoms with Crippen LogP contribution in [0.5, 0.6) is 0 Å². The predicted octanol–water partition coefficient (Wildman–Crippen LogP) is 1.51. The number of hydrogen-bond acceptors (Lipinski definition) is 5. The van der Waals surface area contributed by atoms with Crippen molar-refractivity contribution in [1.82, 2.24) is 9.97 Å². The van der Waals surface area contributed by atoms with Gasteiger partial charge in [-0.05, 0) is 32.6 Å². The van der Waals surface area contributed by atoms with E-state index in [2.05, 4.69) is 15.3 Å². The first-order chi connectivity index (χ1) is 8.15. The second-order valence-corrected chi connectivity index (χ2v) is 4.73. The molecule has 1 aliphatic rings. The molecule has 1 unspecified atom stereocenters. The monoisotopic (exact) mass is 236 g/mol. The molecule has 1 saturated carbocycles. The lowest BCUT2D eigenvalue weighted by atomic mass is 10.2. The molecule has 5 heteroatoms. The molecule has 0 aromatic carbocycles. The van der Waals surface area contributed by atoms with E-state index in [1.165, 1.54) is 12.8 Å². The molecule has 1 fully saturated rings. The van der Waals surface area contributed by atoms with Gasteiger partial charge in [-0.3, -0.25) is 0 Å². The van der Waals surface area contributed by atoms with Gasteiger partial charge in [-0.15, -0.1) is 0 Å². The maximum Gasteiger partial charge on any atom is 0.136 e. The molecule has 0 radical (unpaired) electrons. The summed E-state index contributed by atoms with van der Waals surface area (Å²) < 4.78 is 0. The standard InChI is InChI=1S/C12H20N4O/c1-8(17)3-2-6-14-11-7-10(13)15-12(16-11)9-4-5-9/h7-9,17H,2-6H2,1H3,(H3,13,14,15,16). The number of nitrogens with zero attached hydrogens (tertiary/aromatic N) is 2. The smallest absolute Gasteiger partial charge is 0.136 e. The van der Waals surface area contributed by atoms with Crippen LogP contribution in [-0.4, -0.2) is 27.7 Å². The van der Waals surface area contributed by atoms with Crippen molar-refractivity contribution in [2.45, 2.75) is 44.6 Å². The summed E-state index contributed by atoms with van der Waals surface area (Å²) in [5, 5.41) is 12.4. The largest absolute Gasteiger partial charge is 0.393 e. The molecule has 5 nitrogen and oxygen atoms in total. The van der Waals surface area contributed by atoms with E-state index in [-0.39, 0.29) is 6.10 Å². The van der Waals surface area contributed by atoms with Gasteiger partial charge in [-0.25, -0.2) is 9.97 Å². The Morgan fingerprint density at radius 2 is 2.29 bits per heavy atom. The van der Waals surface area contributed by atoms with Crippen LogP contribution in [0.1, 0.15) is 44.3 Å². The minimum absolute atomic E-state index is 0.241. The van der Waals surface area contributed by atoms with E-state index >= 15 is 0 Å². The van der Waals surface area contributed by atoms with E-state index in [1.807, 2.05) is 0 Å². The number of aromatic nitrogens is 2. The summed E-state index contributed by atoms with van der Waals surface area (Å²) in [4.78, 5) is 8.69. The summed E-state index contributed by atoms with van der Waals surface area (Å²) in [7, 11) is 0. The normalized spacial score (nSPS) is 16.8. The number of nitrogens with one attached hydrogen (secondary N) is 1. The highest BCUT2D eigenvalue weighted by atomic mass is 16.3. The number of anilines is 2. The Morgan fingerprint density at radius 3 is 2.94 bits per heavy atom. The lowest BCUT2D eigenvalue weighted by molar-refractivity contribution is 0.183. The van der Waals surface area contributed by atoms with Crippen LogP contribution in [0.3, 0.4) is 0 Å². The molecule has 1 aromatic rings. The summed E-state index contributed by atoms with van der Waals surface area (Å²) in [6.45, 7) is 2.60. The molecule has 4 N–H and O–H groups in total. The Kier molecular flexibility index (Phi) is 3.78. The molecule has 0 aliphatic heterocycles. The van der Waals surface area contributed by atoms with E-state index < -0.39 is 0 Å². The Labute approximate surface area is 101 Å². The zero-order valence-electron chi connectivity index (χ0n) is 10.2. The van der Waals surface area contributed by atoms with Crippen LogP contribution in [0.15, 0.2) is 6.07 Å². The van der Waals surface area contributed by atoms with E-state index in [0.29, 0.717) is 11.7 Å². The molecule has 0 amide bonds. The van der Waals surface area contributed by atoms with Crippen molar-refractivity contribution < 1.29 is 5.11 Å². The summed E-state index contributed by atoms with van der Waals surface area (Å²) in [6, 6.07) is 1.76. The third-order valence-corrected chi connectivity index (χ3v) is 2.81. The number of rotatable bonds is 6. The van der Waals surface area contributed by atoms with Crippen LogP contribution < -0.4 is 11.1 Å². The fourth-order valence-corrected chi connectivity index (χ4v) is 1.71. The Balaban J connectivity index is 1.87. The molecule has 1 aliphatic carbocycles. The first-order valence-corrected chi connectivity index (χ1v) is 6.21.